The zero-order valence-corrected chi connectivity index (χ0v) is 20.4. The smallest absolute Gasteiger partial charge is 0.417 e. The molecular weight excluding hydrogens is 479 g/mol. The van der Waals surface area contributed by atoms with Crippen LogP contribution in [-0.2, 0) is 42.9 Å². The van der Waals surface area contributed by atoms with Crippen molar-refractivity contribution in [2.45, 2.75) is 63.1 Å². The lowest BCUT2D eigenvalue weighted by molar-refractivity contribution is -0.154. The van der Waals surface area contributed by atoms with Crippen LogP contribution >= 0.6 is 0 Å². The van der Waals surface area contributed by atoms with Crippen LogP contribution in [0, 0.1) is 0 Å². The number of carbonyl (C=O) groups is 2. The van der Waals surface area contributed by atoms with Gasteiger partial charge in [-0.2, -0.15) is 13.2 Å². The maximum atomic E-state index is 13.7. The average molecular weight is 510 g/mol. The van der Waals surface area contributed by atoms with Crippen molar-refractivity contribution >= 4 is 11.9 Å². The summed E-state index contributed by atoms with van der Waals surface area (Å²) in [6.45, 7) is 4.36. The quantitative estimate of drug-likeness (QED) is 0.580. The van der Waals surface area contributed by atoms with E-state index < -0.39 is 23.3 Å². The molecule has 4 aliphatic rings. The lowest BCUT2D eigenvalue weighted by Crippen LogP contribution is -2.56. The molecule has 2 unspecified atom stereocenters. The molecule has 2 saturated heterocycles. The normalized spacial score (nSPS) is 26.8. The molecule has 1 spiro atoms. The van der Waals surface area contributed by atoms with Crippen LogP contribution in [0.3, 0.4) is 0 Å². The van der Waals surface area contributed by atoms with Crippen LogP contribution in [0.2, 0.25) is 0 Å². The van der Waals surface area contributed by atoms with E-state index in [1.54, 1.807) is 14.0 Å². The zero-order chi connectivity index (χ0) is 25.7. The van der Waals surface area contributed by atoms with Crippen LogP contribution in [0.15, 0.2) is 23.4 Å². The van der Waals surface area contributed by atoms with E-state index in [1.165, 1.54) is 4.90 Å². The molecule has 2 atom stereocenters. The molecule has 2 fully saturated rings. The number of hydrogen-bond acceptors (Lipinski definition) is 7. The summed E-state index contributed by atoms with van der Waals surface area (Å²) >= 11 is 0. The number of ether oxygens (including phenoxy) is 3. The number of likely N-dealkylation sites (tertiary alicyclic amines) is 1. The number of methoxy groups -OCH3 is 1. The minimum atomic E-state index is -4.51. The van der Waals surface area contributed by atoms with Gasteiger partial charge in [-0.15, -0.1) is 0 Å². The maximum absolute atomic E-state index is 13.7. The van der Waals surface area contributed by atoms with Gasteiger partial charge < -0.3 is 19.1 Å². The number of halogens is 3. The molecule has 0 N–H and O–H groups in total. The Kier molecular flexibility index (Phi) is 6.59. The van der Waals surface area contributed by atoms with Gasteiger partial charge in [0.05, 0.1) is 23.8 Å². The second-order valence-electron chi connectivity index (χ2n) is 9.93. The second-order valence-corrected chi connectivity index (χ2v) is 9.93. The molecule has 4 aliphatic heterocycles. The molecule has 5 heterocycles. The molecule has 196 valence electrons. The second kappa shape index (κ2) is 9.42. The van der Waals surface area contributed by atoms with Crippen molar-refractivity contribution in [1.82, 2.24) is 14.8 Å². The minimum Gasteiger partial charge on any atom is -0.450 e. The Morgan fingerprint density at radius 3 is 2.69 bits per heavy atom. The molecule has 0 aliphatic carbocycles. The van der Waals surface area contributed by atoms with Gasteiger partial charge in [0.2, 0.25) is 0 Å². The van der Waals surface area contributed by atoms with E-state index in [9.17, 15) is 22.8 Å². The van der Waals surface area contributed by atoms with Gasteiger partial charge >= 0.3 is 12.1 Å². The van der Waals surface area contributed by atoms with Crippen molar-refractivity contribution < 1.29 is 37.0 Å². The van der Waals surface area contributed by atoms with E-state index >= 15 is 0 Å². The van der Waals surface area contributed by atoms with E-state index in [0.29, 0.717) is 68.9 Å². The summed E-state index contributed by atoms with van der Waals surface area (Å²) in [6, 6.07) is 1.25. The van der Waals surface area contributed by atoms with Gasteiger partial charge in [0.1, 0.15) is 5.60 Å². The summed E-state index contributed by atoms with van der Waals surface area (Å²) in [7, 11) is 1.67. The van der Waals surface area contributed by atoms with E-state index in [4.69, 9.17) is 14.2 Å². The number of hydrogen-bond donors (Lipinski definition) is 0. The number of aromatic nitrogens is 1. The summed E-state index contributed by atoms with van der Waals surface area (Å²) in [6.07, 6.45) is -1.59. The number of esters is 1. The molecule has 1 aromatic heterocycles. The number of amides is 1. The highest BCUT2D eigenvalue weighted by atomic mass is 19.4. The largest absolute Gasteiger partial charge is 0.450 e. The summed E-state index contributed by atoms with van der Waals surface area (Å²) < 4.78 is 56.6. The van der Waals surface area contributed by atoms with Crippen molar-refractivity contribution in [2.24, 2.45) is 0 Å². The summed E-state index contributed by atoms with van der Waals surface area (Å²) in [5.74, 6) is -0.859. The molecule has 1 amide bonds. The number of pyridine rings is 1. The van der Waals surface area contributed by atoms with Crippen LogP contribution in [-0.4, -0.2) is 84.4 Å². The minimum absolute atomic E-state index is 0.00978. The Hall–Kier alpha value is -2.50. The predicted molar refractivity (Wildman–Crippen MR) is 121 cm³/mol. The third kappa shape index (κ3) is 4.41. The molecule has 11 heteroatoms. The third-order valence-electron chi connectivity index (χ3n) is 7.94. The molecule has 5 rings (SSSR count). The zero-order valence-electron chi connectivity index (χ0n) is 20.4. The van der Waals surface area contributed by atoms with Crippen molar-refractivity contribution in [3.05, 3.63) is 40.2 Å². The topological polar surface area (TPSA) is 81.2 Å². The Morgan fingerprint density at radius 2 is 2.00 bits per heavy atom. The van der Waals surface area contributed by atoms with Crippen molar-refractivity contribution in [1.29, 1.82) is 0 Å². The number of alkyl halides is 3. The predicted octanol–water partition coefficient (Wildman–Crippen LogP) is 2.50. The lowest BCUT2D eigenvalue weighted by atomic mass is 9.81. The Morgan fingerprint density at radius 1 is 1.25 bits per heavy atom. The lowest BCUT2D eigenvalue weighted by Gasteiger charge is -2.45. The van der Waals surface area contributed by atoms with Crippen molar-refractivity contribution in [3.8, 4) is 0 Å². The van der Waals surface area contributed by atoms with Crippen LogP contribution in [0.4, 0.5) is 13.2 Å². The fourth-order valence-corrected chi connectivity index (χ4v) is 5.93. The highest BCUT2D eigenvalue weighted by molar-refractivity contribution is 6.07. The molecule has 1 aromatic rings. The number of piperidine rings is 1. The van der Waals surface area contributed by atoms with E-state index in [0.717, 1.165) is 18.7 Å². The Labute approximate surface area is 207 Å². The van der Waals surface area contributed by atoms with Gasteiger partial charge in [0.15, 0.2) is 0 Å². The van der Waals surface area contributed by atoms with Gasteiger partial charge in [-0.05, 0) is 25.0 Å². The highest BCUT2D eigenvalue weighted by Crippen LogP contribution is 2.43. The van der Waals surface area contributed by atoms with E-state index in [2.05, 4.69) is 9.88 Å². The number of nitrogens with zero attached hydrogens (tertiary/aromatic N) is 3. The monoisotopic (exact) mass is 509 g/mol. The number of carbonyl (C=O) groups excluding carboxylic acids is 2. The summed E-state index contributed by atoms with van der Waals surface area (Å²) in [5.41, 5.74) is -0.301. The third-order valence-corrected chi connectivity index (χ3v) is 7.94. The SMILES string of the molecule is COC1COCCC1N1CCC2(CC1)OC(=O)C(C)=C2C(=O)N1CCc2ncc(C(F)(F)F)cc2C1. The first-order valence-corrected chi connectivity index (χ1v) is 12.3. The fourth-order valence-electron chi connectivity index (χ4n) is 5.93. The fraction of sp³-hybridized carbons (Fsp3) is 0.640. The maximum Gasteiger partial charge on any atom is 0.417 e. The first-order chi connectivity index (χ1) is 17.1. The molecule has 0 bridgehead atoms. The molecule has 0 radical (unpaired) electrons. The molecule has 8 nitrogen and oxygen atoms in total. The van der Waals surface area contributed by atoms with Gasteiger partial charge in [-0.25, -0.2) is 4.79 Å². The van der Waals surface area contributed by atoms with Crippen LogP contribution in [0.25, 0.3) is 0 Å². The first kappa shape index (κ1) is 25.2. The number of rotatable bonds is 3. The van der Waals surface area contributed by atoms with Crippen molar-refractivity contribution in [3.63, 3.8) is 0 Å². The molecule has 36 heavy (non-hydrogen) atoms. The van der Waals surface area contributed by atoms with Crippen molar-refractivity contribution in [2.75, 3.05) is 40.0 Å². The first-order valence-electron chi connectivity index (χ1n) is 12.3. The highest BCUT2D eigenvalue weighted by Gasteiger charge is 2.52. The standard InChI is InChI=1S/C25H30F3N3O5/c1-15-21(22(32)31-7-3-18-16(13-31)11-17(12-29-18)25(26,27)28)24(36-23(15)33)5-8-30(9-6-24)19-4-10-35-14-20(19)34-2/h11-12,19-20H,3-10,13-14H2,1-2H3. The van der Waals surface area contributed by atoms with E-state index in [-0.39, 0.29) is 30.2 Å². The van der Waals surface area contributed by atoms with Gasteiger partial charge in [-0.3, -0.25) is 14.7 Å². The van der Waals surface area contributed by atoms with Gasteiger partial charge in [0, 0.05) is 82.7 Å². The molecule has 0 aromatic carbocycles. The van der Waals surface area contributed by atoms with Gasteiger partial charge in [-0.1, -0.05) is 0 Å². The van der Waals surface area contributed by atoms with Crippen LogP contribution in [0.1, 0.15) is 43.0 Å². The van der Waals surface area contributed by atoms with E-state index in [1.807, 2.05) is 0 Å². The molecule has 0 saturated carbocycles. The van der Waals surface area contributed by atoms with Gasteiger partial charge in [0.25, 0.3) is 5.91 Å². The average Bonchev–Trinajstić information content (AvgIpc) is 3.11. The Balaban J connectivity index is 1.34. The molecular formula is C25H30F3N3O5. The Bertz CT molecular complexity index is 1080. The summed E-state index contributed by atoms with van der Waals surface area (Å²) in [4.78, 5) is 34.2. The summed E-state index contributed by atoms with van der Waals surface area (Å²) in [5, 5.41) is 0. The van der Waals surface area contributed by atoms with Crippen LogP contribution < -0.4 is 0 Å². The number of fused-ring (bicyclic) bond motifs is 1. The van der Waals surface area contributed by atoms with Crippen LogP contribution in [0.5, 0.6) is 0 Å².